The Bertz CT molecular complexity index is 671. The third-order valence-corrected chi connectivity index (χ3v) is 5.01. The molecule has 0 aromatic heterocycles. The molecule has 1 aromatic carbocycles. The Labute approximate surface area is 157 Å². The number of hydrogen-bond donors (Lipinski definition) is 2. The number of nitrogens with zero attached hydrogens (tertiary/aromatic N) is 1. The number of anilines is 1. The van der Waals surface area contributed by atoms with Crippen molar-refractivity contribution in [3.63, 3.8) is 0 Å². The highest BCUT2D eigenvalue weighted by Crippen LogP contribution is 2.33. The van der Waals surface area contributed by atoms with Crippen LogP contribution >= 0.6 is 0 Å². The Hall–Kier alpha value is -2.09. The number of carbonyl (C=O) groups excluding carboxylic acids is 2. The Balaban J connectivity index is 1.86. The summed E-state index contributed by atoms with van der Waals surface area (Å²) in [7, 11) is 0. The standard InChI is InChI=1S/C19H26F3N3O2/c1-12-6-4-7-13(2)17(12)24-16(26)10-23-18(27)14(3)25-9-5-8-15(11-25)19(20,21)22/h4,6-7,14-15H,5,8-11H2,1-3H3,(H,23,27)(H,24,26)/t14-,15+/m1/s1. The van der Waals surface area contributed by atoms with Crippen molar-refractivity contribution in [3.05, 3.63) is 29.3 Å². The van der Waals surface area contributed by atoms with Gasteiger partial charge in [0.25, 0.3) is 0 Å². The fourth-order valence-corrected chi connectivity index (χ4v) is 3.30. The van der Waals surface area contributed by atoms with Crippen molar-refractivity contribution in [1.82, 2.24) is 10.2 Å². The topological polar surface area (TPSA) is 61.4 Å². The van der Waals surface area contributed by atoms with Gasteiger partial charge in [-0.05, 0) is 51.3 Å². The maximum absolute atomic E-state index is 12.9. The lowest BCUT2D eigenvalue weighted by Crippen LogP contribution is -2.52. The molecule has 150 valence electrons. The SMILES string of the molecule is Cc1cccc(C)c1NC(=O)CNC(=O)[C@@H](C)N1CCC[C@H](C(F)(F)F)C1. The van der Waals surface area contributed by atoms with Gasteiger partial charge < -0.3 is 10.6 Å². The molecule has 0 saturated carbocycles. The van der Waals surface area contributed by atoms with Crippen molar-refractivity contribution < 1.29 is 22.8 Å². The summed E-state index contributed by atoms with van der Waals surface area (Å²) < 4.78 is 38.8. The van der Waals surface area contributed by atoms with E-state index >= 15 is 0 Å². The van der Waals surface area contributed by atoms with Crippen LogP contribution in [-0.2, 0) is 9.59 Å². The van der Waals surface area contributed by atoms with E-state index in [-0.39, 0.29) is 25.4 Å². The number of nitrogens with one attached hydrogen (secondary N) is 2. The molecule has 0 aliphatic carbocycles. The van der Waals surface area contributed by atoms with Crippen LogP contribution in [0.5, 0.6) is 0 Å². The molecule has 2 rings (SSSR count). The number of benzene rings is 1. The van der Waals surface area contributed by atoms with E-state index in [1.54, 1.807) is 6.92 Å². The third-order valence-electron chi connectivity index (χ3n) is 5.01. The van der Waals surface area contributed by atoms with E-state index in [1.807, 2.05) is 32.0 Å². The quantitative estimate of drug-likeness (QED) is 0.819. The smallest absolute Gasteiger partial charge is 0.346 e. The highest BCUT2D eigenvalue weighted by molar-refractivity contribution is 5.96. The van der Waals surface area contributed by atoms with Crippen LogP contribution in [0.25, 0.3) is 0 Å². The first-order chi connectivity index (χ1) is 12.6. The first-order valence-corrected chi connectivity index (χ1v) is 9.04. The zero-order chi connectivity index (χ0) is 20.2. The van der Waals surface area contributed by atoms with E-state index in [1.165, 1.54) is 4.90 Å². The van der Waals surface area contributed by atoms with Crippen LogP contribution in [0.1, 0.15) is 30.9 Å². The van der Waals surface area contributed by atoms with Gasteiger partial charge in [-0.25, -0.2) is 0 Å². The highest BCUT2D eigenvalue weighted by atomic mass is 19.4. The van der Waals surface area contributed by atoms with Gasteiger partial charge in [0.1, 0.15) is 0 Å². The first kappa shape index (κ1) is 21.2. The van der Waals surface area contributed by atoms with Crippen LogP contribution < -0.4 is 10.6 Å². The van der Waals surface area contributed by atoms with E-state index in [2.05, 4.69) is 10.6 Å². The number of hydrogen-bond acceptors (Lipinski definition) is 3. The van der Waals surface area contributed by atoms with E-state index in [4.69, 9.17) is 0 Å². The van der Waals surface area contributed by atoms with Crippen molar-refractivity contribution >= 4 is 17.5 Å². The van der Waals surface area contributed by atoms with E-state index in [0.717, 1.165) is 11.1 Å². The van der Waals surface area contributed by atoms with Crippen molar-refractivity contribution in [1.29, 1.82) is 0 Å². The van der Waals surface area contributed by atoms with Crippen LogP contribution in [0.15, 0.2) is 18.2 Å². The number of likely N-dealkylation sites (tertiary alicyclic amines) is 1. The average Bonchev–Trinajstić information content (AvgIpc) is 2.61. The Morgan fingerprint density at radius 1 is 1.26 bits per heavy atom. The number of para-hydroxylation sites is 1. The Morgan fingerprint density at radius 3 is 2.48 bits per heavy atom. The predicted octanol–water partition coefficient (Wildman–Crippen LogP) is 3.02. The summed E-state index contributed by atoms with van der Waals surface area (Å²) in [6.45, 7) is 5.33. The number of halogens is 3. The number of aryl methyl sites for hydroxylation is 2. The van der Waals surface area contributed by atoms with Crippen LogP contribution in [-0.4, -0.2) is 48.6 Å². The van der Waals surface area contributed by atoms with Gasteiger partial charge in [0, 0.05) is 12.2 Å². The van der Waals surface area contributed by atoms with Crippen molar-refractivity contribution in [2.45, 2.75) is 45.8 Å². The highest BCUT2D eigenvalue weighted by Gasteiger charge is 2.43. The monoisotopic (exact) mass is 385 g/mol. The minimum atomic E-state index is -4.25. The number of piperidine rings is 1. The summed E-state index contributed by atoms with van der Waals surface area (Å²) in [5.74, 6) is -2.23. The van der Waals surface area contributed by atoms with Gasteiger partial charge in [-0.3, -0.25) is 14.5 Å². The van der Waals surface area contributed by atoms with Gasteiger partial charge in [-0.2, -0.15) is 13.2 Å². The summed E-state index contributed by atoms with van der Waals surface area (Å²) >= 11 is 0. The summed E-state index contributed by atoms with van der Waals surface area (Å²) in [5.41, 5.74) is 2.53. The second-order valence-electron chi connectivity index (χ2n) is 7.08. The van der Waals surface area contributed by atoms with Gasteiger partial charge in [0.15, 0.2) is 0 Å². The van der Waals surface area contributed by atoms with Gasteiger partial charge in [-0.1, -0.05) is 18.2 Å². The molecular weight excluding hydrogens is 359 g/mol. The molecule has 0 spiro atoms. The summed E-state index contributed by atoms with van der Waals surface area (Å²) in [6.07, 6.45) is -3.76. The molecule has 2 amide bonds. The lowest BCUT2D eigenvalue weighted by atomic mass is 9.96. The van der Waals surface area contributed by atoms with E-state index in [9.17, 15) is 22.8 Å². The van der Waals surface area contributed by atoms with Crippen LogP contribution in [0, 0.1) is 19.8 Å². The molecule has 0 bridgehead atoms. The maximum Gasteiger partial charge on any atom is 0.393 e. The van der Waals surface area contributed by atoms with Gasteiger partial charge in [0.2, 0.25) is 11.8 Å². The number of carbonyl (C=O) groups is 2. The molecule has 0 radical (unpaired) electrons. The van der Waals surface area contributed by atoms with Crippen molar-refractivity contribution in [2.24, 2.45) is 5.92 Å². The fourth-order valence-electron chi connectivity index (χ4n) is 3.30. The summed E-state index contributed by atoms with van der Waals surface area (Å²) in [5, 5.41) is 5.28. The molecule has 1 fully saturated rings. The molecule has 1 aliphatic heterocycles. The minimum Gasteiger partial charge on any atom is -0.346 e. The zero-order valence-corrected chi connectivity index (χ0v) is 15.8. The first-order valence-electron chi connectivity index (χ1n) is 9.04. The molecule has 1 saturated heterocycles. The van der Waals surface area contributed by atoms with Crippen molar-refractivity contribution in [2.75, 3.05) is 25.0 Å². The molecule has 5 nitrogen and oxygen atoms in total. The predicted molar refractivity (Wildman–Crippen MR) is 97.4 cm³/mol. The third kappa shape index (κ3) is 5.69. The Morgan fingerprint density at radius 2 is 1.89 bits per heavy atom. The molecule has 0 unspecified atom stereocenters. The van der Waals surface area contributed by atoms with Crippen LogP contribution in [0.2, 0.25) is 0 Å². The van der Waals surface area contributed by atoms with Crippen LogP contribution in [0.4, 0.5) is 18.9 Å². The minimum absolute atomic E-state index is 0.0898. The molecule has 1 aliphatic rings. The van der Waals surface area contributed by atoms with Gasteiger partial charge >= 0.3 is 6.18 Å². The molecule has 2 atom stereocenters. The number of alkyl halides is 3. The maximum atomic E-state index is 12.9. The largest absolute Gasteiger partial charge is 0.393 e. The second-order valence-corrected chi connectivity index (χ2v) is 7.08. The van der Waals surface area contributed by atoms with Crippen molar-refractivity contribution in [3.8, 4) is 0 Å². The molecule has 27 heavy (non-hydrogen) atoms. The Kier molecular flexibility index (Phi) is 6.86. The van der Waals surface area contributed by atoms with E-state index < -0.39 is 24.0 Å². The number of rotatable bonds is 5. The molecule has 1 heterocycles. The second kappa shape index (κ2) is 8.73. The lowest BCUT2D eigenvalue weighted by Gasteiger charge is -2.36. The fraction of sp³-hybridized carbons (Fsp3) is 0.579. The molecule has 2 N–H and O–H groups in total. The average molecular weight is 385 g/mol. The van der Waals surface area contributed by atoms with E-state index in [0.29, 0.717) is 18.7 Å². The molecular formula is C19H26F3N3O2. The molecule has 1 aromatic rings. The van der Waals surface area contributed by atoms with Gasteiger partial charge in [-0.15, -0.1) is 0 Å². The van der Waals surface area contributed by atoms with Crippen LogP contribution in [0.3, 0.4) is 0 Å². The normalized spacial score (nSPS) is 19.4. The number of amides is 2. The summed E-state index contributed by atoms with van der Waals surface area (Å²) in [6, 6.07) is 4.91. The summed E-state index contributed by atoms with van der Waals surface area (Å²) in [4.78, 5) is 25.9. The zero-order valence-electron chi connectivity index (χ0n) is 15.8. The molecule has 8 heteroatoms. The van der Waals surface area contributed by atoms with Gasteiger partial charge in [0.05, 0.1) is 18.5 Å². The lowest BCUT2D eigenvalue weighted by molar-refractivity contribution is -0.188.